The van der Waals surface area contributed by atoms with Crippen LogP contribution in [0.15, 0.2) is 46.0 Å². The maximum Gasteiger partial charge on any atom is 0.338 e. The normalized spacial score (nSPS) is 23.9. The number of halogens is 3. The number of thiazole rings is 1. The Bertz CT molecular complexity index is 1550. The molecule has 2 N–H and O–H groups in total. The maximum absolute atomic E-state index is 15.6. The first kappa shape index (κ1) is 31.6. The number of carbonyl (C=O) groups is 3. The minimum Gasteiger partial charge on any atom is -0.481 e. The van der Waals surface area contributed by atoms with Gasteiger partial charge >= 0.3 is 11.9 Å². The summed E-state index contributed by atoms with van der Waals surface area (Å²) in [7, 11) is 1.34. The van der Waals surface area contributed by atoms with Crippen molar-refractivity contribution in [3.05, 3.63) is 63.0 Å². The summed E-state index contributed by atoms with van der Waals surface area (Å²) >= 11 is 1.26. The number of amides is 1. The highest BCUT2D eigenvalue weighted by atomic mass is 32.1. The van der Waals surface area contributed by atoms with E-state index in [2.05, 4.69) is 10.3 Å². The van der Waals surface area contributed by atoms with Crippen molar-refractivity contribution in [1.29, 1.82) is 0 Å². The Morgan fingerprint density at radius 2 is 2.02 bits per heavy atom. The zero-order valence-electron chi connectivity index (χ0n) is 24.8. The Balaban J connectivity index is 1.59. The van der Waals surface area contributed by atoms with Crippen LogP contribution in [-0.4, -0.2) is 100.0 Å². The van der Waals surface area contributed by atoms with E-state index in [1.165, 1.54) is 49.3 Å². The van der Waals surface area contributed by atoms with E-state index in [4.69, 9.17) is 9.73 Å². The molecule has 11 nitrogen and oxygen atoms in total. The van der Waals surface area contributed by atoms with E-state index in [0.29, 0.717) is 10.6 Å². The minimum absolute atomic E-state index is 0.00436. The minimum atomic E-state index is -3.36. The number of likely N-dealkylation sites (tertiary alicyclic amines) is 1. The number of benzene rings is 1. The number of ether oxygens (including phenoxy) is 1. The highest BCUT2D eigenvalue weighted by Gasteiger charge is 2.65. The molecule has 1 aromatic heterocycles. The summed E-state index contributed by atoms with van der Waals surface area (Å²) in [6.45, 7) is 4.59. The molecule has 3 aliphatic heterocycles. The van der Waals surface area contributed by atoms with Crippen LogP contribution in [0.5, 0.6) is 0 Å². The van der Waals surface area contributed by atoms with Gasteiger partial charge in [0.25, 0.3) is 11.8 Å². The van der Waals surface area contributed by atoms with Crippen molar-refractivity contribution in [2.75, 3.05) is 33.3 Å². The van der Waals surface area contributed by atoms with Gasteiger partial charge in [0.2, 0.25) is 0 Å². The number of aliphatic imine (C=N–C) groups is 1. The van der Waals surface area contributed by atoms with Crippen molar-refractivity contribution in [3.63, 3.8) is 0 Å². The smallest absolute Gasteiger partial charge is 0.338 e. The third kappa shape index (κ3) is 5.48. The van der Waals surface area contributed by atoms with Crippen molar-refractivity contribution in [2.45, 2.75) is 51.7 Å². The summed E-state index contributed by atoms with van der Waals surface area (Å²) in [5, 5.41) is 17.0. The monoisotopic (exact) mass is 634 g/mol. The van der Waals surface area contributed by atoms with Crippen molar-refractivity contribution >= 4 is 35.0 Å². The van der Waals surface area contributed by atoms with Crippen LogP contribution in [0.25, 0.3) is 0 Å². The molecule has 3 atom stereocenters. The molecule has 236 valence electrons. The molecule has 2 saturated heterocycles. The molecular weight excluding hydrogens is 601 g/mol. The topological polar surface area (TPSA) is 128 Å². The number of nitrogens with one attached hydrogen (secondary N) is 1. The molecule has 0 spiro atoms. The summed E-state index contributed by atoms with van der Waals surface area (Å²) in [6, 6.07) is 0.440. The Morgan fingerprint density at radius 1 is 1.30 bits per heavy atom. The van der Waals surface area contributed by atoms with Crippen LogP contribution >= 0.6 is 11.3 Å². The molecule has 3 unspecified atom stereocenters. The number of rotatable bonds is 9. The average Bonchev–Trinajstić information content (AvgIpc) is 3.64. The lowest BCUT2D eigenvalue weighted by molar-refractivity contribution is -0.158. The molecule has 2 aromatic rings. The van der Waals surface area contributed by atoms with E-state index in [1.54, 1.807) is 31.5 Å². The third-order valence-electron chi connectivity index (χ3n) is 8.18. The van der Waals surface area contributed by atoms with Crippen LogP contribution in [0, 0.1) is 18.2 Å². The molecule has 2 fully saturated rings. The maximum atomic E-state index is 15.6. The Labute approximate surface area is 256 Å². The number of nitrogens with zero attached hydrogens (tertiary/aromatic N) is 5. The number of likely N-dealkylation sites (N-methyl/N-ethyl adjacent to an activating group) is 1. The van der Waals surface area contributed by atoms with E-state index >= 15 is 8.78 Å². The highest BCUT2D eigenvalue weighted by molar-refractivity contribution is 7.11. The van der Waals surface area contributed by atoms with Crippen LogP contribution in [-0.2, 0) is 19.1 Å². The number of fused-ring (bicyclic) bond motifs is 1. The van der Waals surface area contributed by atoms with Crippen molar-refractivity contribution in [1.82, 2.24) is 25.2 Å². The number of hydrogen-bond donors (Lipinski definition) is 2. The SMILES string of the molecule is CCOC(=O)C1=C(CN2CC(F)(F)C3C2C(=O)N(CC(C)(C)C(=O)O)N3C)NC(c2nccs2)=NC1c1cccc(F)c1C. The second-order valence-electron chi connectivity index (χ2n) is 11.6. The van der Waals surface area contributed by atoms with E-state index in [-0.39, 0.29) is 42.4 Å². The molecular formula is C29H33F3N6O5S. The van der Waals surface area contributed by atoms with Crippen molar-refractivity contribution in [2.24, 2.45) is 10.4 Å². The molecule has 0 bridgehead atoms. The first-order valence-electron chi connectivity index (χ1n) is 14.0. The largest absolute Gasteiger partial charge is 0.481 e. The summed E-state index contributed by atoms with van der Waals surface area (Å²) in [4.78, 5) is 49.3. The second kappa shape index (κ2) is 11.6. The molecule has 15 heteroatoms. The van der Waals surface area contributed by atoms with Gasteiger partial charge in [-0.05, 0) is 44.9 Å². The van der Waals surface area contributed by atoms with Gasteiger partial charge in [0, 0.05) is 30.9 Å². The van der Waals surface area contributed by atoms with Gasteiger partial charge in [-0.3, -0.25) is 24.5 Å². The van der Waals surface area contributed by atoms with E-state index in [0.717, 1.165) is 10.0 Å². The quantitative estimate of drug-likeness (QED) is 0.401. The predicted octanol–water partition coefficient (Wildman–Crippen LogP) is 2.99. The number of hydrazine groups is 1. The lowest BCUT2D eigenvalue weighted by Crippen LogP contribution is -2.51. The van der Waals surface area contributed by atoms with Crippen LogP contribution in [0.1, 0.15) is 42.9 Å². The molecule has 3 aliphatic rings. The van der Waals surface area contributed by atoms with E-state index < -0.39 is 59.7 Å². The van der Waals surface area contributed by atoms with Gasteiger partial charge in [-0.2, -0.15) is 0 Å². The van der Waals surface area contributed by atoms with Gasteiger partial charge in [-0.1, -0.05) is 12.1 Å². The predicted molar refractivity (Wildman–Crippen MR) is 154 cm³/mol. The molecule has 0 radical (unpaired) electrons. The first-order chi connectivity index (χ1) is 20.7. The number of hydrogen-bond acceptors (Lipinski definition) is 10. The standard InChI is InChI=1S/C29H33F3N6O5S/c1-6-43-26(40)19-18(34-23(24-33-10-11-44-24)35-20(19)16-8-7-9-17(30)15(16)2)12-37-14-29(31,32)22-21(37)25(39)38(36(22)5)13-28(3,4)27(41)42/h7-11,20-22H,6,12-14H2,1-5H3,(H,34,35)(H,41,42). The fourth-order valence-corrected chi connectivity index (χ4v) is 6.46. The molecule has 0 aliphatic carbocycles. The fraction of sp³-hybridized carbons (Fsp3) is 0.483. The Kier molecular flexibility index (Phi) is 8.33. The Hall–Kier alpha value is -3.82. The van der Waals surface area contributed by atoms with E-state index in [9.17, 15) is 23.9 Å². The van der Waals surface area contributed by atoms with Gasteiger partial charge < -0.3 is 15.2 Å². The molecule has 1 amide bonds. The van der Waals surface area contributed by atoms with Crippen LogP contribution in [0.3, 0.4) is 0 Å². The van der Waals surface area contributed by atoms with Crippen LogP contribution < -0.4 is 5.32 Å². The number of alkyl halides is 2. The average molecular weight is 635 g/mol. The third-order valence-corrected chi connectivity index (χ3v) is 8.96. The van der Waals surface area contributed by atoms with E-state index in [1.807, 2.05) is 0 Å². The number of carboxylic acids is 1. The number of carbonyl (C=O) groups excluding carboxylic acids is 2. The first-order valence-corrected chi connectivity index (χ1v) is 14.8. The summed E-state index contributed by atoms with van der Waals surface area (Å²) in [5.74, 6) is -6.25. The number of aromatic nitrogens is 1. The summed E-state index contributed by atoms with van der Waals surface area (Å²) in [6.07, 6.45) is 1.56. The molecule has 0 saturated carbocycles. The molecule has 4 heterocycles. The number of carboxylic acid groups (broad SMARTS) is 1. The molecule has 5 rings (SSSR count). The van der Waals surface area contributed by atoms with Crippen molar-refractivity contribution < 1.29 is 37.4 Å². The fourth-order valence-electron chi connectivity index (χ4n) is 5.87. The second-order valence-corrected chi connectivity index (χ2v) is 12.5. The van der Waals surface area contributed by atoms with Gasteiger partial charge in [-0.25, -0.2) is 28.0 Å². The summed E-state index contributed by atoms with van der Waals surface area (Å²) in [5.41, 5.74) is -0.615. The van der Waals surface area contributed by atoms with Crippen LogP contribution in [0.4, 0.5) is 13.2 Å². The van der Waals surface area contributed by atoms with Crippen molar-refractivity contribution in [3.8, 4) is 0 Å². The number of aliphatic carboxylic acids is 1. The Morgan fingerprint density at radius 3 is 2.66 bits per heavy atom. The lowest BCUT2D eigenvalue weighted by atomic mass is 9.92. The molecule has 1 aromatic carbocycles. The van der Waals surface area contributed by atoms with Gasteiger partial charge in [0.15, 0.2) is 10.8 Å². The summed E-state index contributed by atoms with van der Waals surface area (Å²) < 4.78 is 51.4. The van der Waals surface area contributed by atoms with Gasteiger partial charge in [-0.15, -0.1) is 11.3 Å². The van der Waals surface area contributed by atoms with Gasteiger partial charge in [0.05, 0.1) is 30.7 Å². The number of esters is 1. The zero-order valence-corrected chi connectivity index (χ0v) is 25.6. The van der Waals surface area contributed by atoms with Crippen LogP contribution in [0.2, 0.25) is 0 Å². The highest BCUT2D eigenvalue weighted by Crippen LogP contribution is 2.43. The number of amidine groups is 1. The molecule has 44 heavy (non-hydrogen) atoms. The van der Waals surface area contributed by atoms with Gasteiger partial charge in [0.1, 0.15) is 23.9 Å². The zero-order chi connectivity index (χ0) is 32.1. The lowest BCUT2D eigenvalue weighted by Gasteiger charge is -2.34.